The lowest BCUT2D eigenvalue weighted by Gasteiger charge is -2.48. The molecule has 6 aliphatic rings. The Morgan fingerprint density at radius 3 is 1.55 bits per heavy atom. The van der Waals surface area contributed by atoms with Gasteiger partial charge in [0.15, 0.2) is 0 Å². The van der Waals surface area contributed by atoms with E-state index in [1.807, 2.05) is 86.3 Å². The zero-order valence-electron chi connectivity index (χ0n) is 34.4. The molecule has 0 unspecified atom stereocenters. The predicted molar refractivity (Wildman–Crippen MR) is 233 cm³/mol. The van der Waals surface area contributed by atoms with Gasteiger partial charge in [-0.1, -0.05) is 42.5 Å². The number of amides is 4. The average Bonchev–Trinajstić information content (AvgIpc) is 4.05. The quantitative estimate of drug-likeness (QED) is 0.301. The third-order valence-corrected chi connectivity index (χ3v) is 13.1. The van der Waals surface area contributed by atoms with Gasteiger partial charge in [-0.3, -0.25) is 29.0 Å². The fourth-order valence-corrected chi connectivity index (χ4v) is 9.23. The van der Waals surface area contributed by atoms with Gasteiger partial charge in [0.2, 0.25) is 0 Å². The van der Waals surface area contributed by atoms with Gasteiger partial charge in [0.1, 0.15) is 5.69 Å². The molecule has 0 atom stereocenters. The summed E-state index contributed by atoms with van der Waals surface area (Å²) in [7, 11) is 0. The number of hydrogen-bond donors (Lipinski definition) is 2. The molecule has 0 bridgehead atoms. The normalized spacial score (nSPS) is 19.8. The summed E-state index contributed by atoms with van der Waals surface area (Å²) in [5.74, 6) is 0.387. The highest BCUT2D eigenvalue weighted by Gasteiger charge is 2.38. The van der Waals surface area contributed by atoms with Crippen LogP contribution in [0.2, 0.25) is 0 Å². The number of rotatable bonds is 6. The molecular weight excluding hydrogens is 775 g/mol. The maximum Gasteiger partial charge on any atom is 0.273 e. The smallest absolute Gasteiger partial charge is 0.273 e. The second kappa shape index (κ2) is 20.0. The van der Waals surface area contributed by atoms with Crippen molar-refractivity contribution >= 4 is 35.0 Å². The van der Waals surface area contributed by atoms with E-state index in [0.717, 1.165) is 115 Å². The first-order valence-corrected chi connectivity index (χ1v) is 22.5. The molecule has 4 aromatic rings. The summed E-state index contributed by atoms with van der Waals surface area (Å²) in [6.07, 6.45) is 3.77. The largest absolute Gasteiger partial charge is 0.336 e. The maximum absolute atomic E-state index is 12.8. The molecule has 5 saturated heterocycles. The maximum atomic E-state index is 12.8. The molecule has 0 radical (unpaired) electrons. The van der Waals surface area contributed by atoms with E-state index in [-0.39, 0.29) is 23.6 Å². The average molecular weight is 832 g/mol. The van der Waals surface area contributed by atoms with E-state index in [4.69, 9.17) is 0 Å². The van der Waals surface area contributed by atoms with E-state index in [9.17, 15) is 19.2 Å². The van der Waals surface area contributed by atoms with Gasteiger partial charge in [0.25, 0.3) is 23.6 Å². The van der Waals surface area contributed by atoms with Gasteiger partial charge in [-0.25, -0.2) is 4.98 Å². The lowest BCUT2D eigenvalue weighted by molar-refractivity contribution is 0.00801. The van der Waals surface area contributed by atoms with Crippen molar-refractivity contribution in [3.05, 3.63) is 123 Å². The number of fused-ring (bicyclic) bond motifs is 1. The summed E-state index contributed by atoms with van der Waals surface area (Å²) in [4.78, 5) is 66.8. The van der Waals surface area contributed by atoms with Gasteiger partial charge in [-0.05, 0) is 86.4 Å². The third-order valence-electron chi connectivity index (χ3n) is 12.5. The summed E-state index contributed by atoms with van der Waals surface area (Å²) in [6, 6.07) is 25.8. The Balaban J connectivity index is 0.000000150. The Hall–Kier alpha value is -4.99. The number of aromatic nitrogens is 1. The second-order valence-electron chi connectivity index (χ2n) is 16.4. The van der Waals surface area contributed by atoms with Gasteiger partial charge in [-0.15, -0.1) is 11.3 Å². The summed E-state index contributed by atoms with van der Waals surface area (Å²) in [6.45, 7) is 13.9. The minimum atomic E-state index is 0.0268. The standard InChI is InChI=1S/C21H25N5O2S.C21H23N3O2.C4H9N/c27-20(16-1-2-17-10-22-4-3-15(17)9-16)26-11-18(12-26)24-5-7-25(8-6-24)21(28)19-13-29-14-23-19;25-20(17-7-3-1-4-8-17)23-13-11-22(12-14-23)19-15-24(16-19)21(26)18-9-5-2-6-10-18;1-2-4-5-3-1/h1-2,9,13-14,18,22H,3-8,10-12H2;1-10,19H,11-16H2;5H,1-4H2. The minimum absolute atomic E-state index is 0.0268. The van der Waals surface area contributed by atoms with Crippen LogP contribution in [0.5, 0.6) is 0 Å². The molecule has 2 N–H and O–H groups in total. The first-order valence-electron chi connectivity index (χ1n) is 21.6. The van der Waals surface area contributed by atoms with E-state index in [1.165, 1.54) is 48.4 Å². The lowest BCUT2D eigenvalue weighted by atomic mass is 9.97. The van der Waals surface area contributed by atoms with Crippen LogP contribution in [-0.2, 0) is 13.0 Å². The van der Waals surface area contributed by atoms with Crippen LogP contribution in [0.15, 0.2) is 89.8 Å². The van der Waals surface area contributed by atoms with E-state index >= 15 is 0 Å². The molecule has 1 aromatic heterocycles. The van der Waals surface area contributed by atoms with Crippen LogP contribution in [0.3, 0.4) is 0 Å². The van der Waals surface area contributed by atoms with Gasteiger partial charge in [0, 0.05) is 119 Å². The first-order chi connectivity index (χ1) is 29.4. The van der Waals surface area contributed by atoms with Crippen LogP contribution < -0.4 is 10.6 Å². The minimum Gasteiger partial charge on any atom is -0.336 e. The number of carbonyl (C=O) groups excluding carboxylic acids is 4. The Bertz CT molecular complexity index is 2030. The molecule has 14 heteroatoms. The number of nitrogens with one attached hydrogen (secondary N) is 2. The highest BCUT2D eigenvalue weighted by molar-refractivity contribution is 7.07. The summed E-state index contributed by atoms with van der Waals surface area (Å²) in [5, 5.41) is 8.40. The molecule has 0 spiro atoms. The van der Waals surface area contributed by atoms with Crippen molar-refractivity contribution < 1.29 is 19.2 Å². The zero-order valence-corrected chi connectivity index (χ0v) is 35.2. The fourth-order valence-electron chi connectivity index (χ4n) is 8.71. The van der Waals surface area contributed by atoms with E-state index in [1.54, 1.807) is 10.9 Å². The Kier molecular flexibility index (Phi) is 13.9. The van der Waals surface area contributed by atoms with Crippen LogP contribution in [-0.4, -0.2) is 168 Å². The topological polar surface area (TPSA) is 125 Å². The number of hydrogen-bond acceptors (Lipinski definition) is 10. The monoisotopic (exact) mass is 831 g/mol. The van der Waals surface area contributed by atoms with Crippen molar-refractivity contribution in [3.63, 3.8) is 0 Å². The van der Waals surface area contributed by atoms with E-state index < -0.39 is 0 Å². The van der Waals surface area contributed by atoms with Gasteiger partial charge in [0.05, 0.1) is 5.51 Å². The van der Waals surface area contributed by atoms with Crippen molar-refractivity contribution in [2.75, 3.05) is 98.2 Å². The fraction of sp³-hybridized carbons (Fsp3) is 0.457. The van der Waals surface area contributed by atoms with Crippen LogP contribution in [0.1, 0.15) is 65.5 Å². The molecule has 4 amide bonds. The Morgan fingerprint density at radius 1 is 0.533 bits per heavy atom. The SMILES string of the molecule is C1CCNC1.O=C(c1ccc2c(c1)CCNC2)N1CC(N2CCN(C(=O)c3cscn3)CC2)C1.O=C(c1ccccc1)N1CCN(C2CN(C(=O)c3ccccc3)C2)CC1. The number of benzene rings is 3. The van der Waals surface area contributed by atoms with Gasteiger partial charge >= 0.3 is 0 Å². The molecule has 60 heavy (non-hydrogen) atoms. The highest BCUT2D eigenvalue weighted by Crippen LogP contribution is 2.24. The lowest BCUT2D eigenvalue weighted by Crippen LogP contribution is -2.64. The summed E-state index contributed by atoms with van der Waals surface area (Å²) >= 11 is 1.45. The molecule has 5 fully saturated rings. The number of likely N-dealkylation sites (tertiary alicyclic amines) is 2. The highest BCUT2D eigenvalue weighted by atomic mass is 32.1. The second-order valence-corrected chi connectivity index (χ2v) is 17.1. The van der Waals surface area contributed by atoms with Gasteiger partial charge in [-0.2, -0.15) is 0 Å². The van der Waals surface area contributed by atoms with Crippen LogP contribution in [0.25, 0.3) is 0 Å². The molecule has 13 nitrogen and oxygen atoms in total. The molecule has 3 aromatic carbocycles. The number of thiazole rings is 1. The number of nitrogens with zero attached hydrogens (tertiary/aromatic N) is 7. The summed E-state index contributed by atoms with van der Waals surface area (Å²) < 4.78 is 0. The van der Waals surface area contributed by atoms with E-state index in [0.29, 0.717) is 17.8 Å². The number of piperazine rings is 2. The van der Waals surface area contributed by atoms with Crippen molar-refractivity contribution in [2.45, 2.75) is 37.9 Å². The van der Waals surface area contributed by atoms with Crippen LogP contribution >= 0.6 is 11.3 Å². The molecule has 0 aliphatic carbocycles. The Morgan fingerprint density at radius 2 is 1.05 bits per heavy atom. The molecule has 7 heterocycles. The molecule has 10 rings (SSSR count). The zero-order chi connectivity index (χ0) is 41.3. The molecule has 0 saturated carbocycles. The van der Waals surface area contributed by atoms with Gasteiger partial charge < -0.3 is 30.2 Å². The summed E-state index contributed by atoms with van der Waals surface area (Å²) in [5.41, 5.74) is 7.16. The first kappa shape index (κ1) is 41.7. The third kappa shape index (κ3) is 10.1. The van der Waals surface area contributed by atoms with Crippen molar-refractivity contribution in [1.29, 1.82) is 0 Å². The van der Waals surface area contributed by atoms with Crippen molar-refractivity contribution in [3.8, 4) is 0 Å². The van der Waals surface area contributed by atoms with E-state index in [2.05, 4.69) is 37.6 Å². The molecule has 316 valence electrons. The van der Waals surface area contributed by atoms with Crippen molar-refractivity contribution in [2.24, 2.45) is 0 Å². The molecular formula is C46H57N9O4S. The van der Waals surface area contributed by atoms with Crippen LogP contribution in [0.4, 0.5) is 0 Å². The Labute approximate surface area is 357 Å². The van der Waals surface area contributed by atoms with Crippen molar-refractivity contribution in [1.82, 2.24) is 45.0 Å². The molecule has 6 aliphatic heterocycles. The number of carbonyl (C=O) groups is 4. The van der Waals surface area contributed by atoms with Crippen LogP contribution in [0, 0.1) is 0 Å². The predicted octanol–water partition coefficient (Wildman–Crippen LogP) is 3.41.